The van der Waals surface area contributed by atoms with E-state index in [0.717, 1.165) is 44.2 Å². The van der Waals surface area contributed by atoms with Crippen LogP contribution in [0.1, 0.15) is 0 Å². The third kappa shape index (κ3) is 6.28. The molecule has 6 aromatic rings. The summed E-state index contributed by atoms with van der Waals surface area (Å²) >= 11 is 6.30. The second kappa shape index (κ2) is 12.3. The van der Waals surface area contributed by atoms with E-state index in [2.05, 4.69) is 40.3 Å². The van der Waals surface area contributed by atoms with E-state index in [0.29, 0.717) is 11.6 Å². The largest absolute Gasteiger partial charge is 0.456 e. The van der Waals surface area contributed by atoms with E-state index in [1.54, 1.807) is 0 Å². The van der Waals surface area contributed by atoms with Crippen molar-refractivity contribution < 1.29 is 4.42 Å². The number of benzene rings is 4. The summed E-state index contributed by atoms with van der Waals surface area (Å²) in [7, 11) is 25.8. The summed E-state index contributed by atoms with van der Waals surface area (Å²) in [6.45, 7) is 0. The van der Waals surface area contributed by atoms with E-state index < -0.39 is 19.2 Å². The van der Waals surface area contributed by atoms with Crippen molar-refractivity contribution in [1.29, 1.82) is 0 Å². The maximum absolute atomic E-state index is 6.30. The second-order valence-electron chi connectivity index (χ2n) is 9.24. The number of hydrogen-bond acceptors (Lipinski definition) is 4. The quantitative estimate of drug-likeness (QED) is 0.317. The van der Waals surface area contributed by atoms with Crippen molar-refractivity contribution >= 4 is 91.4 Å². The summed E-state index contributed by atoms with van der Waals surface area (Å²) in [4.78, 5) is 13.5. The maximum Gasteiger partial charge on any atom is 0.226 e. The minimum Gasteiger partial charge on any atom is -0.456 e. The van der Waals surface area contributed by atoms with Gasteiger partial charge in [-0.2, -0.15) is 9.97 Å². The van der Waals surface area contributed by atoms with Crippen LogP contribution in [0.3, 0.4) is 0 Å². The third-order valence-electron chi connectivity index (χ3n) is 6.36. The molecule has 0 amide bonds. The minimum absolute atomic E-state index is 0.153. The first-order valence-corrected chi connectivity index (χ1v) is 12.9. The molecule has 2 heterocycles. The Bertz CT molecular complexity index is 1760. The summed E-state index contributed by atoms with van der Waals surface area (Å²) in [5.41, 5.74) is 5.55. The fourth-order valence-corrected chi connectivity index (χ4v) is 4.36. The molecule has 0 N–H and O–H groups in total. The zero-order chi connectivity index (χ0) is 28.2. The van der Waals surface area contributed by atoms with Gasteiger partial charge in [0.25, 0.3) is 0 Å². The van der Waals surface area contributed by atoms with E-state index in [4.69, 9.17) is 59.7 Å². The van der Waals surface area contributed by atoms with Gasteiger partial charge in [-0.25, -0.2) is 4.98 Å². The molecule has 40 heavy (non-hydrogen) atoms. The Labute approximate surface area is 246 Å². The highest BCUT2D eigenvalue weighted by Gasteiger charge is 2.15. The number of fused-ring (bicyclic) bond motifs is 3. The van der Waals surface area contributed by atoms with Gasteiger partial charge in [-0.15, -0.1) is 0 Å². The molecule has 4 aromatic carbocycles. The summed E-state index contributed by atoms with van der Waals surface area (Å²) in [6, 6.07) is 32.3. The Morgan fingerprint density at radius 3 is 1.77 bits per heavy atom. The first kappa shape index (κ1) is 28.0. The third-order valence-corrected chi connectivity index (χ3v) is 6.53. The Hall–Kier alpha value is -3.50. The molecule has 0 bridgehead atoms. The Balaban J connectivity index is 0.000000355. The highest BCUT2D eigenvalue weighted by molar-refractivity contribution is 7.89. The van der Waals surface area contributed by atoms with Gasteiger partial charge in [-0.05, 0) is 47.0 Å². The van der Waals surface area contributed by atoms with Crippen LogP contribution in [0.4, 0.5) is 0 Å². The fraction of sp³-hybridized carbons (Fsp3) is 0. The van der Waals surface area contributed by atoms with Gasteiger partial charge in [-0.3, -0.25) is 0 Å². The van der Waals surface area contributed by atoms with E-state index in [-0.39, 0.29) is 5.28 Å². The van der Waals surface area contributed by atoms with E-state index >= 15 is 0 Å². The molecule has 0 aliphatic carbocycles. The van der Waals surface area contributed by atoms with E-state index in [1.165, 1.54) is 0 Å². The molecule has 4 nitrogen and oxygen atoms in total. The van der Waals surface area contributed by atoms with Crippen LogP contribution in [-0.2, 0) is 0 Å². The molecule has 0 fully saturated rings. The van der Waals surface area contributed by atoms with Gasteiger partial charge in [0.2, 0.25) is 5.28 Å². The molecule has 0 unspecified atom stereocenters. The highest BCUT2D eigenvalue weighted by atomic mass is 35.5. The predicted octanol–water partition coefficient (Wildman–Crippen LogP) is 4.38. The molecular weight excluding hydrogens is 504 g/mol. The van der Waals surface area contributed by atoms with Gasteiger partial charge in [0, 0.05) is 79.7 Å². The SMILES string of the molecule is Clc1nc(-c2cccc(-c3ccccc3)c2)nc(-c2ccc3c(c2)oc2ccccc23)n1.[B]B([B])B([B])B([B])[B]. The molecule has 0 atom stereocenters. The van der Waals surface area contributed by atoms with Gasteiger partial charge in [0.1, 0.15) is 11.2 Å². The first-order chi connectivity index (χ1) is 19.3. The van der Waals surface area contributed by atoms with Crippen LogP contribution < -0.4 is 0 Å². The van der Waals surface area contributed by atoms with Crippen LogP contribution in [-0.4, -0.2) is 72.8 Å². The smallest absolute Gasteiger partial charge is 0.226 e. The maximum atomic E-state index is 6.30. The van der Waals surface area contributed by atoms with Gasteiger partial charge in [-0.1, -0.05) is 72.8 Å². The van der Waals surface area contributed by atoms with Gasteiger partial charge in [0.05, 0.1) is 0 Å². The number of nitrogens with zero attached hydrogens (tertiary/aromatic N) is 3. The number of rotatable bonds is 5. The molecule has 13 heteroatoms. The molecule has 6 rings (SSSR count). The Morgan fingerprint density at radius 2 is 1.10 bits per heavy atom. The average molecular weight is 520 g/mol. The number of aromatic nitrogens is 3. The molecule has 10 radical (unpaired) electrons. The van der Waals surface area contributed by atoms with Crippen LogP contribution in [0.15, 0.2) is 101 Å². The zero-order valence-corrected chi connectivity index (χ0v) is 22.2. The lowest BCUT2D eigenvalue weighted by Crippen LogP contribution is -2.52. The predicted molar refractivity (Wildman–Crippen MR) is 174 cm³/mol. The summed E-state index contributed by atoms with van der Waals surface area (Å²) in [5, 5.41) is 2.29. The summed E-state index contributed by atoms with van der Waals surface area (Å²) in [6.07, 6.45) is -1.78. The Morgan fingerprint density at radius 1 is 0.525 bits per heavy atom. The van der Waals surface area contributed by atoms with Crippen molar-refractivity contribution in [3.8, 4) is 33.9 Å². The fourth-order valence-electron chi connectivity index (χ4n) is 4.20. The van der Waals surface area contributed by atoms with Crippen LogP contribution in [0, 0.1) is 0 Å². The van der Waals surface area contributed by atoms with Crippen molar-refractivity contribution in [2.45, 2.75) is 0 Å². The lowest BCUT2D eigenvalue weighted by molar-refractivity contribution is 0.669. The van der Waals surface area contributed by atoms with Crippen molar-refractivity contribution in [2.24, 2.45) is 0 Å². The summed E-state index contributed by atoms with van der Waals surface area (Å²) in [5.74, 6) is 1.04. The van der Waals surface area contributed by atoms with Gasteiger partial charge >= 0.3 is 0 Å². The highest BCUT2D eigenvalue weighted by Crippen LogP contribution is 2.32. The topological polar surface area (TPSA) is 51.8 Å². The van der Waals surface area contributed by atoms with Crippen LogP contribution in [0.5, 0.6) is 0 Å². The number of halogens is 1. The molecule has 0 aliphatic rings. The normalized spacial score (nSPS) is 10.6. The van der Waals surface area contributed by atoms with Crippen molar-refractivity contribution in [3.05, 3.63) is 102 Å². The average Bonchev–Trinajstić information content (AvgIpc) is 3.35. The second-order valence-corrected chi connectivity index (χ2v) is 9.58. The molecule has 2 aromatic heterocycles. The van der Waals surface area contributed by atoms with Gasteiger partial charge in [0.15, 0.2) is 11.6 Å². The monoisotopic (exact) mass is 521 g/mol. The van der Waals surface area contributed by atoms with Crippen LogP contribution in [0.2, 0.25) is 5.28 Å². The lowest BCUT2D eigenvalue weighted by Gasteiger charge is -2.13. The number of para-hydroxylation sites is 1. The number of hydrogen-bond donors (Lipinski definition) is 0. The van der Waals surface area contributed by atoms with E-state index in [1.807, 2.05) is 66.7 Å². The van der Waals surface area contributed by atoms with Crippen molar-refractivity contribution in [2.75, 3.05) is 0 Å². The van der Waals surface area contributed by atoms with Crippen molar-refractivity contribution in [3.63, 3.8) is 0 Å². The molecule has 0 spiro atoms. The molecule has 0 saturated carbocycles. The zero-order valence-electron chi connectivity index (χ0n) is 21.5. The molecule has 0 aliphatic heterocycles. The Kier molecular flexibility index (Phi) is 8.66. The number of furan rings is 1. The lowest BCUT2D eigenvalue weighted by atomic mass is 8.68. The van der Waals surface area contributed by atoms with Crippen LogP contribution in [0.25, 0.3) is 55.8 Å². The molecule has 0 saturated heterocycles. The standard InChI is InChI=1S/C27H16ClN3O.B8/c28-27-30-25(19-10-6-9-18(15-19)17-7-2-1-3-8-17)29-26(31-27)20-13-14-22-21-11-4-5-12-23(21)32-24(22)16-20;1-6(2)8(5)7(3)4/h1-16H;. The molecule has 176 valence electrons. The van der Waals surface area contributed by atoms with E-state index in [9.17, 15) is 0 Å². The minimum atomic E-state index is -0.630. The van der Waals surface area contributed by atoms with Gasteiger partial charge < -0.3 is 4.42 Å². The van der Waals surface area contributed by atoms with Crippen molar-refractivity contribution in [1.82, 2.24) is 15.0 Å². The molecular formula is C27H16B8ClN3O. The first-order valence-electron chi connectivity index (χ1n) is 12.6. The van der Waals surface area contributed by atoms with Crippen LogP contribution >= 0.6 is 11.6 Å². The summed E-state index contributed by atoms with van der Waals surface area (Å²) < 4.78 is 6.02.